The second-order valence-electron chi connectivity index (χ2n) is 6.58. The Morgan fingerprint density at radius 3 is 2.76 bits per heavy atom. The average molecular weight is 429 g/mol. The van der Waals surface area contributed by atoms with E-state index < -0.39 is 10.0 Å². The third-order valence-electron chi connectivity index (χ3n) is 4.63. The maximum Gasteiger partial charge on any atom is 0.245 e. The fraction of sp³-hybridized carbons (Fsp3) is 0.222. The van der Waals surface area contributed by atoms with Crippen LogP contribution in [0.4, 0.5) is 0 Å². The summed E-state index contributed by atoms with van der Waals surface area (Å²) in [5.41, 5.74) is 1.68. The molecule has 1 saturated heterocycles. The van der Waals surface area contributed by atoms with Gasteiger partial charge in [0, 0.05) is 6.92 Å². The predicted molar refractivity (Wildman–Crippen MR) is 105 cm³/mol. The highest BCUT2D eigenvalue weighted by molar-refractivity contribution is 7.89. The van der Waals surface area contributed by atoms with Gasteiger partial charge in [-0.15, -0.1) is 0 Å². The predicted octanol–water partition coefficient (Wildman–Crippen LogP) is 2.50. The fourth-order valence-corrected chi connectivity index (χ4v) is 5.40. The first-order valence-electron chi connectivity index (χ1n) is 8.80. The van der Waals surface area contributed by atoms with Crippen LogP contribution >= 0.6 is 11.7 Å². The van der Waals surface area contributed by atoms with E-state index in [0.29, 0.717) is 34.1 Å². The van der Waals surface area contributed by atoms with Gasteiger partial charge in [0.2, 0.25) is 21.7 Å². The number of ether oxygens (including phenoxy) is 1. The second kappa shape index (κ2) is 6.87. The molecule has 1 fully saturated rings. The number of sulfonamides is 1. The zero-order valence-corrected chi connectivity index (χ0v) is 16.9. The molecular weight excluding hydrogens is 414 g/mol. The molecule has 11 heteroatoms. The average Bonchev–Trinajstić information content (AvgIpc) is 3.32. The fourth-order valence-electron chi connectivity index (χ4n) is 3.14. The molecule has 0 radical (unpaired) electrons. The van der Waals surface area contributed by atoms with Crippen molar-refractivity contribution >= 4 is 32.8 Å². The van der Waals surface area contributed by atoms with E-state index >= 15 is 0 Å². The number of aromatic nitrogens is 4. The Labute approximate surface area is 170 Å². The topological polar surface area (TPSA) is 111 Å². The van der Waals surface area contributed by atoms with Crippen molar-refractivity contribution in [3.8, 4) is 17.1 Å². The highest BCUT2D eigenvalue weighted by Gasteiger charge is 2.39. The van der Waals surface area contributed by atoms with Crippen molar-refractivity contribution in [3.05, 3.63) is 48.4 Å². The van der Waals surface area contributed by atoms with Gasteiger partial charge >= 0.3 is 0 Å². The number of hydrogen-bond acceptors (Lipinski definition) is 9. The lowest BCUT2D eigenvalue weighted by Gasteiger charge is -2.38. The van der Waals surface area contributed by atoms with Crippen LogP contribution in [-0.2, 0) is 10.0 Å². The van der Waals surface area contributed by atoms with Crippen LogP contribution in [0.1, 0.15) is 5.89 Å². The molecule has 0 amide bonds. The monoisotopic (exact) mass is 429 g/mol. The van der Waals surface area contributed by atoms with Crippen LogP contribution in [0.15, 0.2) is 51.9 Å². The van der Waals surface area contributed by atoms with Crippen LogP contribution in [0.5, 0.6) is 5.75 Å². The first-order chi connectivity index (χ1) is 14.0. The highest BCUT2D eigenvalue weighted by Crippen LogP contribution is 2.32. The summed E-state index contributed by atoms with van der Waals surface area (Å²) in [6, 6.07) is 12.3. The number of nitrogens with zero attached hydrogens (tertiary/aromatic N) is 5. The number of hydrogen-bond donors (Lipinski definition) is 0. The molecule has 0 N–H and O–H groups in total. The molecule has 2 aromatic carbocycles. The summed E-state index contributed by atoms with van der Waals surface area (Å²) in [5.74, 6) is 1.48. The molecule has 2 aromatic heterocycles. The van der Waals surface area contributed by atoms with Crippen molar-refractivity contribution in [2.45, 2.75) is 17.9 Å². The number of rotatable bonds is 5. The molecule has 148 valence electrons. The van der Waals surface area contributed by atoms with E-state index in [2.05, 4.69) is 18.9 Å². The van der Waals surface area contributed by atoms with E-state index in [-0.39, 0.29) is 24.1 Å². The van der Waals surface area contributed by atoms with E-state index in [1.165, 1.54) is 4.31 Å². The van der Waals surface area contributed by atoms with Crippen molar-refractivity contribution in [1.29, 1.82) is 0 Å². The van der Waals surface area contributed by atoms with Crippen LogP contribution in [0, 0.1) is 6.92 Å². The minimum Gasteiger partial charge on any atom is -0.487 e. The summed E-state index contributed by atoms with van der Waals surface area (Å²) in [6.07, 6.45) is -0.272. The lowest BCUT2D eigenvalue weighted by Crippen LogP contribution is -2.56. The number of aryl methyl sites for hydroxylation is 1. The Bertz CT molecular complexity index is 1290. The summed E-state index contributed by atoms with van der Waals surface area (Å²) in [5, 5.41) is 3.93. The minimum absolute atomic E-state index is 0.171. The first-order valence-corrected chi connectivity index (χ1v) is 11.0. The summed E-state index contributed by atoms with van der Waals surface area (Å²) in [6.45, 7) is 2.21. The largest absolute Gasteiger partial charge is 0.487 e. The Morgan fingerprint density at radius 1 is 1.14 bits per heavy atom. The lowest BCUT2D eigenvalue weighted by molar-refractivity contribution is 0.0767. The SMILES string of the molecule is Cc1nc(-c2ccccc2OC2CN(S(=O)(=O)c3cccc4nsnc34)C2)no1. The van der Waals surface area contributed by atoms with Crippen LogP contribution in [0.3, 0.4) is 0 Å². The Balaban J connectivity index is 1.34. The molecule has 0 atom stereocenters. The molecule has 3 heterocycles. The van der Waals surface area contributed by atoms with E-state index in [1.54, 1.807) is 31.2 Å². The number of para-hydroxylation sites is 1. The summed E-state index contributed by atoms with van der Waals surface area (Å²) < 4.78 is 46.7. The van der Waals surface area contributed by atoms with Gasteiger partial charge in [-0.3, -0.25) is 0 Å². The van der Waals surface area contributed by atoms with Crippen molar-refractivity contribution in [2.75, 3.05) is 13.1 Å². The molecule has 5 rings (SSSR count). The van der Waals surface area contributed by atoms with E-state index in [4.69, 9.17) is 9.26 Å². The normalized spacial score (nSPS) is 15.5. The third kappa shape index (κ3) is 3.16. The number of benzene rings is 2. The standard InChI is InChI=1S/C18H15N5O4S2/c1-11-19-18(20-27-11)13-5-2-3-7-15(13)26-12-9-23(10-12)29(24,25)16-8-4-6-14-17(16)22-28-21-14/h2-8,12H,9-10H2,1H3. The Kier molecular flexibility index (Phi) is 4.30. The molecule has 1 aliphatic heterocycles. The lowest BCUT2D eigenvalue weighted by atomic mass is 10.1. The van der Waals surface area contributed by atoms with E-state index in [1.807, 2.05) is 18.2 Å². The zero-order valence-electron chi connectivity index (χ0n) is 15.2. The molecular formula is C18H15N5O4S2. The Hall–Kier alpha value is -2.89. The minimum atomic E-state index is -3.67. The Morgan fingerprint density at radius 2 is 1.97 bits per heavy atom. The molecule has 0 saturated carbocycles. The van der Waals surface area contributed by atoms with Crippen molar-refractivity contribution in [2.24, 2.45) is 0 Å². The summed E-state index contributed by atoms with van der Waals surface area (Å²) in [4.78, 5) is 4.41. The molecule has 29 heavy (non-hydrogen) atoms. The van der Waals surface area contributed by atoms with Gasteiger partial charge in [-0.1, -0.05) is 23.4 Å². The van der Waals surface area contributed by atoms with Gasteiger partial charge in [0.15, 0.2) is 0 Å². The van der Waals surface area contributed by atoms with Crippen molar-refractivity contribution in [3.63, 3.8) is 0 Å². The van der Waals surface area contributed by atoms with Crippen LogP contribution in [-0.4, -0.2) is 50.8 Å². The van der Waals surface area contributed by atoms with Gasteiger partial charge in [-0.05, 0) is 24.3 Å². The van der Waals surface area contributed by atoms with Gasteiger partial charge in [0.1, 0.15) is 27.8 Å². The van der Waals surface area contributed by atoms with Crippen LogP contribution < -0.4 is 4.74 Å². The van der Waals surface area contributed by atoms with Crippen LogP contribution in [0.25, 0.3) is 22.4 Å². The molecule has 9 nitrogen and oxygen atoms in total. The molecule has 4 aromatic rings. The zero-order chi connectivity index (χ0) is 20.0. The van der Waals surface area contributed by atoms with Crippen molar-refractivity contribution in [1.82, 2.24) is 23.2 Å². The third-order valence-corrected chi connectivity index (χ3v) is 7.04. The number of fused-ring (bicyclic) bond motifs is 1. The highest BCUT2D eigenvalue weighted by atomic mass is 32.2. The summed E-state index contributed by atoms with van der Waals surface area (Å²) in [7, 11) is -3.67. The molecule has 0 spiro atoms. The first kappa shape index (κ1) is 18.2. The maximum atomic E-state index is 13.0. The maximum absolute atomic E-state index is 13.0. The van der Waals surface area contributed by atoms with E-state index in [0.717, 1.165) is 11.7 Å². The smallest absolute Gasteiger partial charge is 0.245 e. The quantitative estimate of drug-likeness (QED) is 0.476. The van der Waals surface area contributed by atoms with Gasteiger partial charge in [-0.2, -0.15) is 18.0 Å². The molecule has 0 bridgehead atoms. The van der Waals surface area contributed by atoms with Gasteiger partial charge in [0.05, 0.1) is 30.4 Å². The van der Waals surface area contributed by atoms with Crippen molar-refractivity contribution < 1.29 is 17.7 Å². The van der Waals surface area contributed by atoms with Crippen LogP contribution in [0.2, 0.25) is 0 Å². The van der Waals surface area contributed by atoms with Gasteiger partial charge in [0.25, 0.3) is 0 Å². The van der Waals surface area contributed by atoms with Gasteiger partial charge < -0.3 is 9.26 Å². The van der Waals surface area contributed by atoms with Gasteiger partial charge in [-0.25, -0.2) is 8.42 Å². The summed E-state index contributed by atoms with van der Waals surface area (Å²) >= 11 is 0.997. The molecule has 0 unspecified atom stereocenters. The second-order valence-corrected chi connectivity index (χ2v) is 9.02. The van der Waals surface area contributed by atoms with E-state index in [9.17, 15) is 8.42 Å². The molecule has 1 aliphatic rings. The molecule has 0 aliphatic carbocycles.